The van der Waals surface area contributed by atoms with E-state index in [1.54, 1.807) is 0 Å². The summed E-state index contributed by atoms with van der Waals surface area (Å²) >= 11 is 0. The van der Waals surface area contributed by atoms with Gasteiger partial charge in [-0.2, -0.15) is 0 Å². The molecule has 1 unspecified atom stereocenters. The Morgan fingerprint density at radius 2 is 2.29 bits per heavy atom. The van der Waals surface area contributed by atoms with Crippen LogP contribution in [0.5, 0.6) is 0 Å². The highest BCUT2D eigenvalue weighted by molar-refractivity contribution is 5.70. The van der Waals surface area contributed by atoms with Crippen molar-refractivity contribution < 1.29 is 9.90 Å². The van der Waals surface area contributed by atoms with Crippen LogP contribution in [0.3, 0.4) is 0 Å². The van der Waals surface area contributed by atoms with Crippen LogP contribution in [0.1, 0.15) is 24.0 Å². The standard InChI is InChI=1S/C11H15NO2/c1-8(7-12)10-4-2-3-9(5-10)6-11(13)14/h2-5,8H,6-7,12H2,1H3,(H,13,14). The van der Waals surface area contributed by atoms with E-state index >= 15 is 0 Å². The lowest BCUT2D eigenvalue weighted by Gasteiger charge is -2.09. The van der Waals surface area contributed by atoms with Gasteiger partial charge in [0.2, 0.25) is 0 Å². The Labute approximate surface area is 83.6 Å². The number of benzene rings is 1. The van der Waals surface area contributed by atoms with E-state index in [2.05, 4.69) is 0 Å². The number of rotatable bonds is 4. The molecule has 0 bridgehead atoms. The molecule has 0 aliphatic carbocycles. The predicted molar refractivity (Wildman–Crippen MR) is 55.3 cm³/mol. The van der Waals surface area contributed by atoms with Gasteiger partial charge < -0.3 is 10.8 Å². The summed E-state index contributed by atoms with van der Waals surface area (Å²) in [5, 5.41) is 8.63. The van der Waals surface area contributed by atoms with Gasteiger partial charge >= 0.3 is 5.97 Å². The lowest BCUT2D eigenvalue weighted by molar-refractivity contribution is -0.136. The number of carboxylic acid groups (broad SMARTS) is 1. The zero-order chi connectivity index (χ0) is 10.6. The Hall–Kier alpha value is -1.35. The molecule has 3 nitrogen and oxygen atoms in total. The van der Waals surface area contributed by atoms with Gasteiger partial charge in [-0.15, -0.1) is 0 Å². The van der Waals surface area contributed by atoms with Gasteiger partial charge in [0.15, 0.2) is 0 Å². The van der Waals surface area contributed by atoms with Crippen molar-refractivity contribution in [2.75, 3.05) is 6.54 Å². The van der Waals surface area contributed by atoms with Crippen LogP contribution in [0.2, 0.25) is 0 Å². The Bertz CT molecular complexity index is 323. The second-order valence-electron chi connectivity index (χ2n) is 3.45. The minimum Gasteiger partial charge on any atom is -0.481 e. The molecule has 3 N–H and O–H groups in total. The summed E-state index contributed by atoms with van der Waals surface area (Å²) < 4.78 is 0. The molecular formula is C11H15NO2. The second kappa shape index (κ2) is 4.77. The molecule has 0 saturated carbocycles. The van der Waals surface area contributed by atoms with Crippen molar-refractivity contribution >= 4 is 5.97 Å². The molecule has 0 amide bonds. The SMILES string of the molecule is CC(CN)c1cccc(CC(=O)O)c1. The average Bonchev–Trinajstić information content (AvgIpc) is 2.16. The number of hydrogen-bond donors (Lipinski definition) is 2. The van der Waals surface area contributed by atoms with E-state index in [-0.39, 0.29) is 12.3 Å². The molecule has 1 atom stereocenters. The second-order valence-corrected chi connectivity index (χ2v) is 3.45. The van der Waals surface area contributed by atoms with E-state index in [1.165, 1.54) is 0 Å². The first kappa shape index (κ1) is 10.7. The lowest BCUT2D eigenvalue weighted by atomic mass is 9.98. The summed E-state index contributed by atoms with van der Waals surface area (Å²) in [7, 11) is 0. The van der Waals surface area contributed by atoms with Gasteiger partial charge in [-0.1, -0.05) is 31.2 Å². The van der Waals surface area contributed by atoms with Gasteiger partial charge in [0.25, 0.3) is 0 Å². The number of nitrogens with two attached hydrogens (primary N) is 1. The quantitative estimate of drug-likeness (QED) is 0.759. The highest BCUT2D eigenvalue weighted by Crippen LogP contribution is 2.15. The van der Waals surface area contributed by atoms with Crippen LogP contribution < -0.4 is 5.73 Å². The molecule has 1 aromatic carbocycles. The van der Waals surface area contributed by atoms with Crippen LogP contribution in [0.4, 0.5) is 0 Å². The first-order valence-electron chi connectivity index (χ1n) is 4.64. The summed E-state index contributed by atoms with van der Waals surface area (Å²) in [5.74, 6) is -0.522. The van der Waals surface area contributed by atoms with Gasteiger partial charge in [-0.3, -0.25) is 4.79 Å². The molecule has 0 fully saturated rings. The fourth-order valence-electron chi connectivity index (χ4n) is 1.32. The van der Waals surface area contributed by atoms with Crippen molar-refractivity contribution in [1.82, 2.24) is 0 Å². The molecule has 76 valence electrons. The van der Waals surface area contributed by atoms with Gasteiger partial charge in [0.05, 0.1) is 6.42 Å². The summed E-state index contributed by atoms with van der Waals surface area (Å²) in [6.45, 7) is 2.61. The largest absolute Gasteiger partial charge is 0.481 e. The summed E-state index contributed by atoms with van der Waals surface area (Å²) in [6.07, 6.45) is 0.0745. The smallest absolute Gasteiger partial charge is 0.307 e. The molecule has 0 aromatic heterocycles. The van der Waals surface area contributed by atoms with Crippen LogP contribution in [0.25, 0.3) is 0 Å². The van der Waals surface area contributed by atoms with E-state index in [0.29, 0.717) is 6.54 Å². The Morgan fingerprint density at radius 3 is 2.86 bits per heavy atom. The van der Waals surface area contributed by atoms with Crippen molar-refractivity contribution in [1.29, 1.82) is 0 Å². The van der Waals surface area contributed by atoms with Crippen molar-refractivity contribution in [3.05, 3.63) is 35.4 Å². The van der Waals surface area contributed by atoms with Gasteiger partial charge in [0, 0.05) is 0 Å². The topological polar surface area (TPSA) is 63.3 Å². The molecule has 0 saturated heterocycles. The monoisotopic (exact) mass is 193 g/mol. The third kappa shape index (κ3) is 2.85. The normalized spacial score (nSPS) is 12.4. The number of aliphatic carboxylic acids is 1. The molecule has 1 aromatic rings. The molecule has 0 aliphatic heterocycles. The molecule has 1 rings (SSSR count). The molecule has 3 heteroatoms. The van der Waals surface area contributed by atoms with Crippen LogP contribution in [-0.4, -0.2) is 17.6 Å². The molecular weight excluding hydrogens is 178 g/mol. The van der Waals surface area contributed by atoms with Crippen molar-refractivity contribution in [2.24, 2.45) is 5.73 Å². The fourth-order valence-corrected chi connectivity index (χ4v) is 1.32. The maximum atomic E-state index is 10.5. The van der Waals surface area contributed by atoms with Gasteiger partial charge in [-0.05, 0) is 23.6 Å². The number of carboxylic acids is 1. The molecule has 14 heavy (non-hydrogen) atoms. The minimum atomic E-state index is -0.803. The first-order chi connectivity index (χ1) is 6.63. The van der Waals surface area contributed by atoms with E-state index in [4.69, 9.17) is 10.8 Å². The van der Waals surface area contributed by atoms with Crippen molar-refractivity contribution in [3.8, 4) is 0 Å². The number of hydrogen-bond acceptors (Lipinski definition) is 2. The zero-order valence-corrected chi connectivity index (χ0v) is 8.23. The average molecular weight is 193 g/mol. The van der Waals surface area contributed by atoms with Gasteiger partial charge in [0.1, 0.15) is 0 Å². The first-order valence-corrected chi connectivity index (χ1v) is 4.64. The van der Waals surface area contributed by atoms with Crippen LogP contribution in [0, 0.1) is 0 Å². The van der Waals surface area contributed by atoms with E-state index in [0.717, 1.165) is 11.1 Å². The van der Waals surface area contributed by atoms with Crippen molar-refractivity contribution in [2.45, 2.75) is 19.3 Å². The fraction of sp³-hybridized carbons (Fsp3) is 0.364. The van der Waals surface area contributed by atoms with E-state index in [9.17, 15) is 4.79 Å². The van der Waals surface area contributed by atoms with Crippen LogP contribution in [0.15, 0.2) is 24.3 Å². The predicted octanol–water partition coefficient (Wildman–Crippen LogP) is 1.38. The highest BCUT2D eigenvalue weighted by atomic mass is 16.4. The molecule has 0 heterocycles. The Balaban J connectivity index is 2.83. The third-order valence-corrected chi connectivity index (χ3v) is 2.23. The third-order valence-electron chi connectivity index (χ3n) is 2.23. The van der Waals surface area contributed by atoms with E-state index < -0.39 is 5.97 Å². The molecule has 0 radical (unpaired) electrons. The van der Waals surface area contributed by atoms with Crippen LogP contribution in [-0.2, 0) is 11.2 Å². The summed E-state index contributed by atoms with van der Waals surface area (Å²) in [6, 6.07) is 7.58. The van der Waals surface area contributed by atoms with Gasteiger partial charge in [-0.25, -0.2) is 0 Å². The minimum absolute atomic E-state index is 0.0745. The summed E-state index contributed by atoms with van der Waals surface area (Å²) in [4.78, 5) is 10.5. The maximum Gasteiger partial charge on any atom is 0.307 e. The Kier molecular flexibility index (Phi) is 3.65. The van der Waals surface area contributed by atoms with E-state index in [1.807, 2.05) is 31.2 Å². The highest BCUT2D eigenvalue weighted by Gasteiger charge is 2.05. The summed E-state index contributed by atoms with van der Waals surface area (Å²) in [5.41, 5.74) is 7.47. The lowest BCUT2D eigenvalue weighted by Crippen LogP contribution is -2.09. The van der Waals surface area contributed by atoms with Crippen LogP contribution >= 0.6 is 0 Å². The molecule has 0 aliphatic rings. The van der Waals surface area contributed by atoms with Crippen molar-refractivity contribution in [3.63, 3.8) is 0 Å². The zero-order valence-electron chi connectivity index (χ0n) is 8.23. The molecule has 0 spiro atoms. The maximum absolute atomic E-state index is 10.5. The number of carbonyl (C=O) groups is 1. The Morgan fingerprint density at radius 1 is 1.57 bits per heavy atom.